The van der Waals surface area contributed by atoms with Gasteiger partial charge < -0.3 is 4.90 Å². The molecule has 0 saturated carbocycles. The Morgan fingerprint density at radius 3 is 2.76 bits per heavy atom. The molecule has 0 aromatic carbocycles. The first-order chi connectivity index (χ1) is 10.4. The van der Waals surface area contributed by atoms with Crippen LogP contribution in [0.2, 0.25) is 0 Å². The van der Waals surface area contributed by atoms with Crippen molar-refractivity contribution in [2.24, 2.45) is 0 Å². The second kappa shape index (κ2) is 5.67. The van der Waals surface area contributed by atoms with Crippen molar-refractivity contribution in [1.82, 2.24) is 19.9 Å². The molecule has 108 valence electrons. The Bertz CT molecular complexity index is 716. The van der Waals surface area contributed by atoms with Crippen molar-refractivity contribution in [2.75, 3.05) is 31.1 Å². The van der Waals surface area contributed by atoms with Crippen molar-refractivity contribution in [2.45, 2.75) is 6.54 Å². The molecule has 0 N–H and O–H groups in total. The van der Waals surface area contributed by atoms with Crippen LogP contribution in [0.1, 0.15) is 5.82 Å². The lowest BCUT2D eigenvalue weighted by atomic mass is 10.3. The Kier molecular flexibility index (Phi) is 3.54. The van der Waals surface area contributed by atoms with Crippen LogP contribution in [0.4, 0.5) is 5.13 Å². The molecule has 7 heteroatoms. The topological polar surface area (TPSA) is 45.2 Å². The highest BCUT2D eigenvalue weighted by atomic mass is 32.1. The van der Waals surface area contributed by atoms with E-state index in [2.05, 4.69) is 36.2 Å². The molecule has 5 nitrogen and oxygen atoms in total. The van der Waals surface area contributed by atoms with Gasteiger partial charge in [0, 0.05) is 44.0 Å². The van der Waals surface area contributed by atoms with Gasteiger partial charge in [-0.15, -0.1) is 22.7 Å². The maximum atomic E-state index is 4.63. The third-order valence-corrected chi connectivity index (χ3v) is 5.35. The minimum Gasteiger partial charge on any atom is -0.346 e. The number of anilines is 1. The maximum Gasteiger partial charge on any atom is 0.185 e. The average Bonchev–Trinajstić information content (AvgIpc) is 3.19. The van der Waals surface area contributed by atoms with E-state index in [0.717, 1.165) is 53.9 Å². The first-order valence-electron chi connectivity index (χ1n) is 6.94. The summed E-state index contributed by atoms with van der Waals surface area (Å²) >= 11 is 3.40. The largest absolute Gasteiger partial charge is 0.346 e. The van der Waals surface area contributed by atoms with Gasteiger partial charge in [-0.25, -0.2) is 15.0 Å². The highest BCUT2D eigenvalue weighted by molar-refractivity contribution is 7.17. The van der Waals surface area contributed by atoms with Crippen molar-refractivity contribution in [1.29, 1.82) is 0 Å². The van der Waals surface area contributed by atoms with Crippen LogP contribution in [0.25, 0.3) is 10.2 Å². The lowest BCUT2D eigenvalue weighted by Gasteiger charge is -2.34. The van der Waals surface area contributed by atoms with Crippen LogP contribution in [-0.2, 0) is 6.54 Å². The molecule has 3 aromatic rings. The quantitative estimate of drug-likeness (QED) is 0.742. The predicted molar refractivity (Wildman–Crippen MR) is 87.0 cm³/mol. The molecule has 0 bridgehead atoms. The van der Waals surface area contributed by atoms with E-state index in [-0.39, 0.29) is 0 Å². The summed E-state index contributed by atoms with van der Waals surface area (Å²) in [6.45, 7) is 4.94. The Labute approximate surface area is 130 Å². The van der Waals surface area contributed by atoms with Gasteiger partial charge in [0.25, 0.3) is 0 Å². The van der Waals surface area contributed by atoms with Gasteiger partial charge in [0.05, 0.1) is 16.8 Å². The Balaban J connectivity index is 1.40. The van der Waals surface area contributed by atoms with E-state index in [4.69, 9.17) is 0 Å². The van der Waals surface area contributed by atoms with Crippen molar-refractivity contribution in [3.63, 3.8) is 0 Å². The van der Waals surface area contributed by atoms with E-state index in [1.54, 1.807) is 22.7 Å². The molecule has 0 spiro atoms. The Hall–Kier alpha value is -1.57. The molecule has 4 heterocycles. The second-order valence-electron chi connectivity index (χ2n) is 5.03. The van der Waals surface area contributed by atoms with Crippen LogP contribution in [0.15, 0.2) is 29.2 Å². The van der Waals surface area contributed by atoms with E-state index in [0.29, 0.717) is 0 Å². The summed E-state index contributed by atoms with van der Waals surface area (Å²) in [6.07, 6.45) is 3.81. The molecular weight excluding hydrogens is 302 g/mol. The van der Waals surface area contributed by atoms with E-state index < -0.39 is 0 Å². The van der Waals surface area contributed by atoms with Gasteiger partial charge in [-0.05, 0) is 11.4 Å². The van der Waals surface area contributed by atoms with Crippen molar-refractivity contribution in [3.8, 4) is 0 Å². The summed E-state index contributed by atoms with van der Waals surface area (Å²) in [7, 11) is 0. The Morgan fingerprint density at radius 2 is 1.95 bits per heavy atom. The fourth-order valence-electron chi connectivity index (χ4n) is 2.55. The van der Waals surface area contributed by atoms with Crippen molar-refractivity contribution in [3.05, 3.63) is 35.0 Å². The summed E-state index contributed by atoms with van der Waals surface area (Å²) in [5.74, 6) is 0.920. The number of thiazole rings is 1. The standard InChI is InChI=1S/C14H15N5S2/c1-7-20-12-9-16-13(17-11(1)12)10-18-3-5-19(6-4-18)14-15-2-8-21-14/h1-2,7-9H,3-6,10H2. The molecule has 0 amide bonds. The van der Waals surface area contributed by atoms with Gasteiger partial charge >= 0.3 is 0 Å². The van der Waals surface area contributed by atoms with Crippen LogP contribution in [-0.4, -0.2) is 46.0 Å². The third kappa shape index (κ3) is 2.76. The minimum absolute atomic E-state index is 0.831. The third-order valence-electron chi connectivity index (χ3n) is 3.68. The molecule has 1 fully saturated rings. The predicted octanol–water partition coefficient (Wildman–Crippen LogP) is 2.47. The van der Waals surface area contributed by atoms with Crippen LogP contribution in [0.3, 0.4) is 0 Å². The fraction of sp³-hybridized carbons (Fsp3) is 0.357. The number of aromatic nitrogens is 3. The SMILES string of the molecule is c1csc(N2CCN(Cc3ncc4sccc4n3)CC2)n1. The number of nitrogens with zero attached hydrogens (tertiary/aromatic N) is 5. The van der Waals surface area contributed by atoms with Crippen LogP contribution >= 0.6 is 22.7 Å². The fourth-order valence-corrected chi connectivity index (χ4v) is 3.94. The molecule has 1 aliphatic rings. The van der Waals surface area contributed by atoms with E-state index in [1.165, 1.54) is 0 Å². The lowest BCUT2D eigenvalue weighted by molar-refractivity contribution is 0.244. The number of hydrogen-bond donors (Lipinski definition) is 0. The number of fused-ring (bicyclic) bond motifs is 1. The zero-order chi connectivity index (χ0) is 14.1. The van der Waals surface area contributed by atoms with E-state index in [1.807, 2.05) is 17.8 Å². The molecule has 0 radical (unpaired) electrons. The zero-order valence-electron chi connectivity index (χ0n) is 11.5. The molecule has 1 saturated heterocycles. The molecule has 4 rings (SSSR count). The molecule has 0 atom stereocenters. The number of rotatable bonds is 3. The van der Waals surface area contributed by atoms with E-state index in [9.17, 15) is 0 Å². The lowest BCUT2D eigenvalue weighted by Crippen LogP contribution is -2.46. The van der Waals surface area contributed by atoms with Gasteiger partial charge in [0.1, 0.15) is 5.82 Å². The number of thiophene rings is 1. The normalized spacial score (nSPS) is 16.7. The highest BCUT2D eigenvalue weighted by Crippen LogP contribution is 2.20. The highest BCUT2D eigenvalue weighted by Gasteiger charge is 2.19. The first kappa shape index (κ1) is 13.1. The first-order valence-corrected chi connectivity index (χ1v) is 8.70. The van der Waals surface area contributed by atoms with Crippen LogP contribution < -0.4 is 4.90 Å². The van der Waals surface area contributed by atoms with Crippen molar-refractivity contribution >= 4 is 38.0 Å². The second-order valence-corrected chi connectivity index (χ2v) is 6.85. The summed E-state index contributed by atoms with van der Waals surface area (Å²) in [6, 6.07) is 2.06. The van der Waals surface area contributed by atoms with E-state index >= 15 is 0 Å². The number of piperazine rings is 1. The minimum atomic E-state index is 0.831. The molecule has 0 aliphatic carbocycles. The summed E-state index contributed by atoms with van der Waals surface area (Å²) in [5.41, 5.74) is 1.06. The summed E-state index contributed by atoms with van der Waals surface area (Å²) < 4.78 is 1.16. The van der Waals surface area contributed by atoms with Crippen LogP contribution in [0.5, 0.6) is 0 Å². The molecular formula is C14H15N5S2. The number of hydrogen-bond acceptors (Lipinski definition) is 7. The monoisotopic (exact) mass is 317 g/mol. The maximum absolute atomic E-state index is 4.63. The van der Waals surface area contributed by atoms with Crippen molar-refractivity contribution < 1.29 is 0 Å². The van der Waals surface area contributed by atoms with Crippen LogP contribution in [0, 0.1) is 0 Å². The zero-order valence-corrected chi connectivity index (χ0v) is 13.1. The summed E-state index contributed by atoms with van der Waals surface area (Å²) in [4.78, 5) is 18.3. The van der Waals surface area contributed by atoms with Gasteiger partial charge in [0.15, 0.2) is 5.13 Å². The van der Waals surface area contributed by atoms with Gasteiger partial charge in [-0.2, -0.15) is 0 Å². The molecule has 0 unspecified atom stereocenters. The average molecular weight is 317 g/mol. The molecule has 3 aromatic heterocycles. The van der Waals surface area contributed by atoms with Gasteiger partial charge in [-0.1, -0.05) is 0 Å². The van der Waals surface area contributed by atoms with Gasteiger partial charge in [0.2, 0.25) is 0 Å². The smallest absolute Gasteiger partial charge is 0.185 e. The summed E-state index contributed by atoms with van der Waals surface area (Å²) in [5, 5.41) is 5.23. The molecule has 21 heavy (non-hydrogen) atoms. The molecule has 1 aliphatic heterocycles. The van der Waals surface area contributed by atoms with Gasteiger partial charge in [-0.3, -0.25) is 4.90 Å². The Morgan fingerprint density at radius 1 is 1.05 bits per heavy atom.